The predicted octanol–water partition coefficient (Wildman–Crippen LogP) is 2.81. The van der Waals surface area contributed by atoms with Crippen molar-refractivity contribution >= 4 is 11.6 Å². The number of nitrogens with one attached hydrogen (secondary N) is 1. The fraction of sp³-hybridized carbons (Fsp3) is 0.300. The average molecular weight is 233 g/mol. The Labute approximate surface area is 88.3 Å². The van der Waals surface area contributed by atoms with Gasteiger partial charge in [0.2, 0.25) is 5.91 Å². The Balaban J connectivity index is 2.55. The molecule has 16 heavy (non-hydrogen) atoms. The van der Waals surface area contributed by atoms with Crippen LogP contribution in [0, 0.1) is 5.82 Å². The Morgan fingerprint density at radius 1 is 1.31 bits per heavy atom. The van der Waals surface area contributed by atoms with Gasteiger partial charge in [-0.2, -0.15) is 13.2 Å². The van der Waals surface area contributed by atoms with E-state index in [0.717, 1.165) is 6.07 Å². The molecule has 6 heteroatoms. The molecule has 86 valence electrons. The predicted molar refractivity (Wildman–Crippen MR) is 48.4 cm³/mol. The van der Waals surface area contributed by atoms with Crippen molar-refractivity contribution in [3.05, 3.63) is 29.6 Å². The van der Waals surface area contributed by atoms with Crippen LogP contribution in [0.5, 0.6) is 0 Å². The second-order valence-electron chi connectivity index (χ2n) is 3.55. The van der Waals surface area contributed by atoms with Gasteiger partial charge >= 0.3 is 6.18 Å². The molecular weight excluding hydrogens is 226 g/mol. The molecule has 1 heterocycles. The topological polar surface area (TPSA) is 29.1 Å². The molecule has 1 amide bonds. The summed E-state index contributed by atoms with van der Waals surface area (Å²) in [5, 5.41) is 2.12. The third-order valence-electron chi connectivity index (χ3n) is 2.47. The Morgan fingerprint density at radius 2 is 2.00 bits per heavy atom. The van der Waals surface area contributed by atoms with Crippen LogP contribution >= 0.6 is 0 Å². The number of carbonyl (C=O) groups is 1. The molecule has 1 aromatic rings. The zero-order valence-corrected chi connectivity index (χ0v) is 7.94. The first-order valence-electron chi connectivity index (χ1n) is 4.54. The van der Waals surface area contributed by atoms with E-state index in [1.165, 1.54) is 12.1 Å². The van der Waals surface area contributed by atoms with Crippen LogP contribution in [0.2, 0.25) is 0 Å². The van der Waals surface area contributed by atoms with E-state index >= 15 is 0 Å². The number of carbonyl (C=O) groups excluding carboxylic acids is 1. The van der Waals surface area contributed by atoms with Gasteiger partial charge in [0, 0.05) is 6.42 Å². The summed E-state index contributed by atoms with van der Waals surface area (Å²) < 4.78 is 51.1. The molecule has 0 spiro atoms. The summed E-state index contributed by atoms with van der Waals surface area (Å²) in [5.74, 6) is -3.59. The molecule has 0 saturated carbocycles. The lowest BCUT2D eigenvalue weighted by molar-refractivity contribution is -0.156. The number of amides is 1. The second-order valence-corrected chi connectivity index (χ2v) is 3.55. The van der Waals surface area contributed by atoms with Crippen molar-refractivity contribution in [1.82, 2.24) is 0 Å². The van der Waals surface area contributed by atoms with Gasteiger partial charge in [0.25, 0.3) is 0 Å². The summed E-state index contributed by atoms with van der Waals surface area (Å²) in [6, 6.07) is 3.39. The van der Waals surface area contributed by atoms with Crippen molar-refractivity contribution < 1.29 is 22.4 Å². The van der Waals surface area contributed by atoms with E-state index in [1.807, 2.05) is 0 Å². The minimum absolute atomic E-state index is 0.216. The molecule has 1 aromatic carbocycles. The van der Waals surface area contributed by atoms with Gasteiger partial charge in [0.1, 0.15) is 5.82 Å². The molecule has 0 bridgehead atoms. The molecule has 0 radical (unpaired) electrons. The molecular formula is C10H7F4NO. The standard InChI is InChI=1S/C10H7F4NO/c11-7-3-1-2-5-6(10(12,13)14)4-8(16)15-9(5)7/h1-3,6H,4H2,(H,15,16). The Hall–Kier alpha value is -1.59. The highest BCUT2D eigenvalue weighted by molar-refractivity contribution is 5.95. The van der Waals surface area contributed by atoms with Gasteiger partial charge in [-0.25, -0.2) is 4.39 Å². The van der Waals surface area contributed by atoms with Gasteiger partial charge in [-0.1, -0.05) is 12.1 Å². The van der Waals surface area contributed by atoms with E-state index in [2.05, 4.69) is 5.32 Å². The summed E-state index contributed by atoms with van der Waals surface area (Å²) in [7, 11) is 0. The Morgan fingerprint density at radius 3 is 2.62 bits per heavy atom. The zero-order chi connectivity index (χ0) is 11.9. The average Bonchev–Trinajstić information content (AvgIpc) is 2.17. The van der Waals surface area contributed by atoms with Gasteiger partial charge < -0.3 is 5.32 Å². The van der Waals surface area contributed by atoms with Gasteiger partial charge in [0.15, 0.2) is 0 Å². The fourth-order valence-corrected chi connectivity index (χ4v) is 1.74. The number of rotatable bonds is 0. The summed E-state index contributed by atoms with van der Waals surface area (Å²) in [6.45, 7) is 0. The molecule has 1 aliphatic heterocycles. The lowest BCUT2D eigenvalue weighted by atomic mass is 9.90. The van der Waals surface area contributed by atoms with E-state index in [9.17, 15) is 22.4 Å². The molecule has 0 saturated heterocycles. The lowest BCUT2D eigenvalue weighted by Gasteiger charge is -2.27. The molecule has 1 N–H and O–H groups in total. The highest BCUT2D eigenvalue weighted by Gasteiger charge is 2.45. The first-order chi connectivity index (χ1) is 7.39. The number of fused-ring (bicyclic) bond motifs is 1. The molecule has 0 aliphatic carbocycles. The van der Waals surface area contributed by atoms with Crippen LogP contribution < -0.4 is 5.32 Å². The molecule has 1 atom stereocenters. The number of halogens is 4. The van der Waals surface area contributed by atoms with Crippen molar-refractivity contribution in [3.8, 4) is 0 Å². The van der Waals surface area contributed by atoms with Gasteiger partial charge in [0.05, 0.1) is 11.6 Å². The normalized spacial score (nSPS) is 20.2. The molecule has 0 aromatic heterocycles. The minimum atomic E-state index is -4.54. The van der Waals surface area contributed by atoms with Crippen LogP contribution in [0.1, 0.15) is 17.9 Å². The quantitative estimate of drug-likeness (QED) is 0.686. The summed E-state index contributed by atoms with van der Waals surface area (Å²) >= 11 is 0. The lowest BCUT2D eigenvalue weighted by Crippen LogP contribution is -2.32. The highest BCUT2D eigenvalue weighted by Crippen LogP contribution is 2.43. The first-order valence-corrected chi connectivity index (χ1v) is 4.54. The molecule has 0 fully saturated rings. The van der Waals surface area contributed by atoms with E-state index < -0.39 is 30.2 Å². The number of anilines is 1. The van der Waals surface area contributed by atoms with Crippen molar-refractivity contribution in [3.63, 3.8) is 0 Å². The third kappa shape index (κ3) is 1.75. The molecule has 1 aliphatic rings. The summed E-state index contributed by atoms with van der Waals surface area (Å²) in [4.78, 5) is 11.1. The maximum atomic E-state index is 13.2. The summed E-state index contributed by atoms with van der Waals surface area (Å²) in [5.41, 5.74) is -0.576. The Bertz CT molecular complexity index is 441. The monoisotopic (exact) mass is 233 g/mol. The number of hydrogen-bond acceptors (Lipinski definition) is 1. The van der Waals surface area contributed by atoms with Crippen molar-refractivity contribution in [1.29, 1.82) is 0 Å². The smallest absolute Gasteiger partial charge is 0.323 e. The number of para-hydroxylation sites is 1. The molecule has 2 nitrogen and oxygen atoms in total. The van der Waals surface area contributed by atoms with Crippen LogP contribution in [0.15, 0.2) is 18.2 Å². The van der Waals surface area contributed by atoms with Crippen molar-refractivity contribution in [2.45, 2.75) is 18.5 Å². The van der Waals surface area contributed by atoms with E-state index in [0.29, 0.717) is 0 Å². The van der Waals surface area contributed by atoms with Crippen LogP contribution in [0.25, 0.3) is 0 Å². The zero-order valence-electron chi connectivity index (χ0n) is 7.94. The van der Waals surface area contributed by atoms with Gasteiger partial charge in [-0.3, -0.25) is 4.79 Å². The van der Waals surface area contributed by atoms with Gasteiger partial charge in [-0.05, 0) is 11.6 Å². The molecule has 2 rings (SSSR count). The SMILES string of the molecule is O=C1CC(C(F)(F)F)c2cccc(F)c2N1. The number of hydrogen-bond donors (Lipinski definition) is 1. The Kier molecular flexibility index (Phi) is 2.36. The van der Waals surface area contributed by atoms with E-state index in [-0.39, 0.29) is 11.3 Å². The van der Waals surface area contributed by atoms with Crippen molar-refractivity contribution in [2.75, 3.05) is 5.32 Å². The summed E-state index contributed by atoms with van der Waals surface area (Å²) in [6.07, 6.45) is -5.24. The van der Waals surface area contributed by atoms with E-state index in [1.54, 1.807) is 0 Å². The second kappa shape index (κ2) is 3.47. The van der Waals surface area contributed by atoms with Crippen molar-refractivity contribution in [2.24, 2.45) is 0 Å². The highest BCUT2D eigenvalue weighted by atomic mass is 19.4. The molecule has 1 unspecified atom stereocenters. The number of benzene rings is 1. The first kappa shape index (κ1) is 10.9. The fourth-order valence-electron chi connectivity index (χ4n) is 1.74. The van der Waals surface area contributed by atoms with Gasteiger partial charge in [-0.15, -0.1) is 0 Å². The maximum Gasteiger partial charge on any atom is 0.396 e. The van der Waals surface area contributed by atoms with Crippen LogP contribution in [0.4, 0.5) is 23.2 Å². The maximum absolute atomic E-state index is 13.2. The number of alkyl halides is 3. The third-order valence-corrected chi connectivity index (χ3v) is 2.47. The van der Waals surface area contributed by atoms with E-state index in [4.69, 9.17) is 0 Å². The minimum Gasteiger partial charge on any atom is -0.323 e. The van der Waals surface area contributed by atoms with Crippen LogP contribution in [-0.2, 0) is 4.79 Å². The van der Waals surface area contributed by atoms with Crippen LogP contribution in [0.3, 0.4) is 0 Å². The van der Waals surface area contributed by atoms with Crippen LogP contribution in [-0.4, -0.2) is 12.1 Å². The largest absolute Gasteiger partial charge is 0.396 e.